The van der Waals surface area contributed by atoms with Gasteiger partial charge in [-0.05, 0) is 19.8 Å². The van der Waals surface area contributed by atoms with Gasteiger partial charge in [-0.1, -0.05) is 13.3 Å². The third kappa shape index (κ3) is 2.74. The second-order valence-electron chi connectivity index (χ2n) is 5.13. The van der Waals surface area contributed by atoms with E-state index in [0.29, 0.717) is 18.9 Å². The third-order valence-electron chi connectivity index (χ3n) is 3.20. The first-order valence-corrected chi connectivity index (χ1v) is 5.77. The normalized spacial score (nSPS) is 21.4. The van der Waals surface area contributed by atoms with E-state index >= 15 is 0 Å². The van der Waals surface area contributed by atoms with Crippen molar-refractivity contribution >= 4 is 11.9 Å². The van der Waals surface area contributed by atoms with Gasteiger partial charge in [0, 0.05) is 19.5 Å². The summed E-state index contributed by atoms with van der Waals surface area (Å²) in [7, 11) is 1.38. The molecule has 1 heterocycles. The summed E-state index contributed by atoms with van der Waals surface area (Å²) in [6, 6.07) is 0. The van der Waals surface area contributed by atoms with Crippen LogP contribution in [0.2, 0.25) is 0 Å². The molecule has 1 aliphatic rings. The van der Waals surface area contributed by atoms with E-state index in [1.54, 1.807) is 4.90 Å². The van der Waals surface area contributed by atoms with Crippen molar-refractivity contribution in [2.24, 2.45) is 11.3 Å². The topological polar surface area (TPSA) is 46.6 Å². The van der Waals surface area contributed by atoms with Crippen molar-refractivity contribution in [1.82, 2.24) is 4.90 Å². The van der Waals surface area contributed by atoms with Crippen LogP contribution in [-0.2, 0) is 14.3 Å². The van der Waals surface area contributed by atoms with E-state index in [1.165, 1.54) is 7.11 Å². The smallest absolute Gasteiger partial charge is 0.313 e. The Labute approximate surface area is 96.9 Å². The highest BCUT2D eigenvalue weighted by atomic mass is 16.5. The summed E-state index contributed by atoms with van der Waals surface area (Å²) in [6.45, 7) is 6.94. The number of rotatable bonds is 4. The van der Waals surface area contributed by atoms with Crippen LogP contribution in [0, 0.1) is 11.3 Å². The number of carbonyl (C=O) groups is 2. The van der Waals surface area contributed by atoms with E-state index in [1.807, 2.05) is 13.8 Å². The summed E-state index contributed by atoms with van der Waals surface area (Å²) in [5.74, 6) is 0.338. The van der Waals surface area contributed by atoms with Gasteiger partial charge in [0.05, 0.1) is 12.5 Å². The Balaban J connectivity index is 2.61. The van der Waals surface area contributed by atoms with Gasteiger partial charge in [0.2, 0.25) is 5.91 Å². The molecule has 1 saturated heterocycles. The van der Waals surface area contributed by atoms with Gasteiger partial charge in [0.15, 0.2) is 0 Å². The van der Waals surface area contributed by atoms with Gasteiger partial charge < -0.3 is 9.64 Å². The molecule has 0 aromatic carbocycles. The highest BCUT2D eigenvalue weighted by molar-refractivity contribution is 5.81. The van der Waals surface area contributed by atoms with Crippen LogP contribution < -0.4 is 0 Å². The number of ether oxygens (including phenoxy) is 1. The number of methoxy groups -OCH3 is 1. The fourth-order valence-corrected chi connectivity index (χ4v) is 2.10. The third-order valence-corrected chi connectivity index (χ3v) is 3.20. The summed E-state index contributed by atoms with van der Waals surface area (Å²) in [5, 5.41) is 0. The average Bonchev–Trinajstić information content (AvgIpc) is 2.57. The first-order valence-electron chi connectivity index (χ1n) is 5.77. The lowest BCUT2D eigenvalue weighted by Gasteiger charge is -2.27. The zero-order valence-electron chi connectivity index (χ0n) is 10.6. The first kappa shape index (κ1) is 13.0. The van der Waals surface area contributed by atoms with Gasteiger partial charge in [-0.2, -0.15) is 0 Å². The largest absolute Gasteiger partial charge is 0.469 e. The second-order valence-corrected chi connectivity index (χ2v) is 5.13. The highest BCUT2D eigenvalue weighted by Crippen LogP contribution is 2.26. The zero-order chi connectivity index (χ0) is 12.3. The molecule has 1 aliphatic heterocycles. The predicted molar refractivity (Wildman–Crippen MR) is 60.8 cm³/mol. The minimum atomic E-state index is -0.618. The zero-order valence-corrected chi connectivity index (χ0v) is 10.6. The first-order chi connectivity index (χ1) is 7.40. The molecule has 4 nitrogen and oxygen atoms in total. The Morgan fingerprint density at radius 1 is 1.56 bits per heavy atom. The maximum Gasteiger partial charge on any atom is 0.313 e. The number of amides is 1. The Morgan fingerprint density at radius 3 is 2.62 bits per heavy atom. The Bertz CT molecular complexity index is 286. The number of carbonyl (C=O) groups excluding carboxylic acids is 2. The van der Waals surface area contributed by atoms with Crippen LogP contribution in [0.4, 0.5) is 0 Å². The van der Waals surface area contributed by atoms with Gasteiger partial charge in [-0.15, -0.1) is 0 Å². The van der Waals surface area contributed by atoms with Crippen molar-refractivity contribution in [1.29, 1.82) is 0 Å². The fourth-order valence-electron chi connectivity index (χ4n) is 2.10. The molecule has 0 bridgehead atoms. The van der Waals surface area contributed by atoms with Gasteiger partial charge in [0.1, 0.15) is 0 Å². The minimum absolute atomic E-state index is 0.156. The van der Waals surface area contributed by atoms with E-state index in [2.05, 4.69) is 6.92 Å². The minimum Gasteiger partial charge on any atom is -0.469 e. The summed E-state index contributed by atoms with van der Waals surface area (Å²) >= 11 is 0. The molecule has 1 amide bonds. The van der Waals surface area contributed by atoms with E-state index in [-0.39, 0.29) is 11.9 Å². The maximum absolute atomic E-state index is 11.7. The van der Waals surface area contributed by atoms with Crippen molar-refractivity contribution in [3.8, 4) is 0 Å². The molecular formula is C12H21NO3. The van der Waals surface area contributed by atoms with E-state index in [0.717, 1.165) is 13.0 Å². The molecule has 0 saturated carbocycles. The molecule has 92 valence electrons. The second kappa shape index (κ2) is 4.85. The quantitative estimate of drug-likeness (QED) is 0.683. The van der Waals surface area contributed by atoms with Crippen LogP contribution >= 0.6 is 0 Å². The van der Waals surface area contributed by atoms with E-state index < -0.39 is 5.41 Å². The van der Waals surface area contributed by atoms with Gasteiger partial charge in [-0.3, -0.25) is 9.59 Å². The molecule has 0 aromatic heterocycles. The SMILES string of the molecule is CCC1CC(=O)N(CC(C)(C)C(=O)OC)C1. The maximum atomic E-state index is 11.7. The summed E-state index contributed by atoms with van der Waals surface area (Å²) in [4.78, 5) is 25.0. The molecule has 0 aliphatic carbocycles. The molecule has 0 aromatic rings. The van der Waals surface area contributed by atoms with Crippen molar-refractivity contribution in [3.63, 3.8) is 0 Å². The summed E-state index contributed by atoms with van der Waals surface area (Å²) in [5.41, 5.74) is -0.618. The number of hydrogen-bond donors (Lipinski definition) is 0. The van der Waals surface area contributed by atoms with Crippen LogP contribution in [0.1, 0.15) is 33.6 Å². The molecule has 16 heavy (non-hydrogen) atoms. The molecule has 1 atom stereocenters. The van der Waals surface area contributed by atoms with Crippen LogP contribution in [0.15, 0.2) is 0 Å². The molecule has 1 fully saturated rings. The molecule has 0 spiro atoms. The molecule has 0 N–H and O–H groups in total. The standard InChI is InChI=1S/C12H21NO3/c1-5-9-6-10(14)13(7-9)8-12(2,3)11(15)16-4/h9H,5-8H2,1-4H3. The predicted octanol–water partition coefficient (Wildman–Crippen LogP) is 1.44. The molecule has 4 heteroatoms. The van der Waals surface area contributed by atoms with Gasteiger partial charge in [-0.25, -0.2) is 0 Å². The lowest BCUT2D eigenvalue weighted by Crippen LogP contribution is -2.40. The summed E-state index contributed by atoms with van der Waals surface area (Å²) < 4.78 is 4.74. The molecule has 1 unspecified atom stereocenters. The number of likely N-dealkylation sites (tertiary alicyclic amines) is 1. The van der Waals surface area contributed by atoms with Crippen molar-refractivity contribution in [2.45, 2.75) is 33.6 Å². The number of hydrogen-bond acceptors (Lipinski definition) is 3. The summed E-state index contributed by atoms with van der Waals surface area (Å²) in [6.07, 6.45) is 1.63. The Hall–Kier alpha value is -1.06. The highest BCUT2D eigenvalue weighted by Gasteiger charge is 2.36. The Kier molecular flexibility index (Phi) is 3.94. The van der Waals surface area contributed by atoms with Crippen LogP contribution in [0.5, 0.6) is 0 Å². The number of nitrogens with zero attached hydrogens (tertiary/aromatic N) is 1. The van der Waals surface area contributed by atoms with Gasteiger partial charge >= 0.3 is 5.97 Å². The molecule has 0 radical (unpaired) electrons. The van der Waals surface area contributed by atoms with E-state index in [9.17, 15) is 9.59 Å². The van der Waals surface area contributed by atoms with Crippen molar-refractivity contribution in [3.05, 3.63) is 0 Å². The fraction of sp³-hybridized carbons (Fsp3) is 0.833. The van der Waals surface area contributed by atoms with Gasteiger partial charge in [0.25, 0.3) is 0 Å². The van der Waals surface area contributed by atoms with Crippen LogP contribution in [0.3, 0.4) is 0 Å². The van der Waals surface area contributed by atoms with E-state index in [4.69, 9.17) is 4.74 Å². The van der Waals surface area contributed by atoms with Crippen molar-refractivity contribution < 1.29 is 14.3 Å². The van der Waals surface area contributed by atoms with Crippen LogP contribution in [-0.4, -0.2) is 37.0 Å². The molecule has 1 rings (SSSR count). The molecular weight excluding hydrogens is 206 g/mol. The van der Waals surface area contributed by atoms with Crippen molar-refractivity contribution in [2.75, 3.05) is 20.2 Å². The average molecular weight is 227 g/mol. The van der Waals surface area contributed by atoms with Crippen LogP contribution in [0.25, 0.3) is 0 Å². The Morgan fingerprint density at radius 2 is 2.19 bits per heavy atom. The lowest BCUT2D eigenvalue weighted by molar-refractivity contribution is -0.152. The number of esters is 1. The monoisotopic (exact) mass is 227 g/mol. The lowest BCUT2D eigenvalue weighted by atomic mass is 9.93.